The van der Waals surface area contributed by atoms with Gasteiger partial charge < -0.3 is 14.8 Å². The van der Waals surface area contributed by atoms with Gasteiger partial charge in [0.15, 0.2) is 0 Å². The number of nitrogens with one attached hydrogen (secondary N) is 1. The van der Waals surface area contributed by atoms with Gasteiger partial charge in [-0.05, 0) is 26.7 Å². The Kier molecular flexibility index (Phi) is 4.11. The largest absolute Gasteiger partial charge is 0.340 e. The third kappa shape index (κ3) is 2.69. The van der Waals surface area contributed by atoms with Gasteiger partial charge in [0.1, 0.15) is 11.6 Å². The molecule has 0 aliphatic carbocycles. The van der Waals surface area contributed by atoms with Gasteiger partial charge >= 0.3 is 0 Å². The van der Waals surface area contributed by atoms with Crippen molar-refractivity contribution in [2.45, 2.75) is 51.7 Å². The number of imidazole rings is 1. The molecule has 1 fully saturated rings. The molecule has 0 spiro atoms. The van der Waals surface area contributed by atoms with Gasteiger partial charge in [0.05, 0.1) is 6.33 Å². The molecule has 110 valence electrons. The zero-order valence-electron chi connectivity index (χ0n) is 12.3. The number of carbonyl (C=O) groups excluding carboxylic acids is 2. The molecular formula is C14H22N4O2. The number of aryl methyl sites for hydroxylation is 1. The molecule has 1 aliphatic heterocycles. The lowest BCUT2D eigenvalue weighted by atomic mass is 9.92. The van der Waals surface area contributed by atoms with Crippen LogP contribution in [0.25, 0.3) is 0 Å². The van der Waals surface area contributed by atoms with E-state index in [1.54, 1.807) is 31.3 Å². The summed E-state index contributed by atoms with van der Waals surface area (Å²) in [6.07, 6.45) is 6.78. The van der Waals surface area contributed by atoms with Crippen LogP contribution in [0.4, 0.5) is 0 Å². The van der Waals surface area contributed by atoms with E-state index in [0.29, 0.717) is 13.0 Å². The second-order valence-corrected chi connectivity index (χ2v) is 5.50. The number of rotatable bonds is 5. The van der Waals surface area contributed by atoms with E-state index in [2.05, 4.69) is 10.3 Å². The summed E-state index contributed by atoms with van der Waals surface area (Å²) in [5, 5.41) is 2.83. The number of nitrogens with zero attached hydrogens (tertiary/aromatic N) is 3. The van der Waals surface area contributed by atoms with E-state index in [0.717, 1.165) is 13.0 Å². The second kappa shape index (κ2) is 5.64. The first-order valence-electron chi connectivity index (χ1n) is 7.07. The minimum Gasteiger partial charge on any atom is -0.340 e. The normalized spacial score (nSPS) is 26.8. The van der Waals surface area contributed by atoms with Gasteiger partial charge in [-0.2, -0.15) is 0 Å². The van der Waals surface area contributed by atoms with E-state index in [4.69, 9.17) is 0 Å². The first kappa shape index (κ1) is 14.6. The monoisotopic (exact) mass is 278 g/mol. The second-order valence-electron chi connectivity index (χ2n) is 5.50. The Balaban J connectivity index is 2.00. The van der Waals surface area contributed by atoms with Gasteiger partial charge in [0, 0.05) is 25.5 Å². The minimum atomic E-state index is -0.765. The fourth-order valence-corrected chi connectivity index (χ4v) is 2.44. The van der Waals surface area contributed by atoms with Crippen LogP contribution in [0.15, 0.2) is 18.7 Å². The van der Waals surface area contributed by atoms with Crippen molar-refractivity contribution >= 4 is 11.8 Å². The Morgan fingerprint density at radius 1 is 1.40 bits per heavy atom. The average Bonchev–Trinajstić information content (AvgIpc) is 2.93. The molecule has 1 N–H and O–H groups in total. The van der Waals surface area contributed by atoms with Gasteiger partial charge in [-0.1, -0.05) is 6.92 Å². The number of hydrogen-bond acceptors (Lipinski definition) is 3. The van der Waals surface area contributed by atoms with Crippen molar-refractivity contribution in [2.24, 2.45) is 0 Å². The lowest BCUT2D eigenvalue weighted by Crippen LogP contribution is -2.68. The highest BCUT2D eigenvalue weighted by Crippen LogP contribution is 2.21. The smallest absolute Gasteiger partial charge is 0.248 e. The maximum atomic E-state index is 12.5. The highest BCUT2D eigenvalue weighted by atomic mass is 16.2. The van der Waals surface area contributed by atoms with Crippen LogP contribution in [-0.4, -0.2) is 44.4 Å². The molecule has 2 atom stereocenters. The van der Waals surface area contributed by atoms with Gasteiger partial charge in [0.2, 0.25) is 11.8 Å². The van der Waals surface area contributed by atoms with Gasteiger partial charge in [0.25, 0.3) is 0 Å². The van der Waals surface area contributed by atoms with Crippen LogP contribution in [0.2, 0.25) is 0 Å². The predicted octanol–water partition coefficient (Wildman–Crippen LogP) is 0.789. The van der Waals surface area contributed by atoms with Crippen LogP contribution in [0.3, 0.4) is 0 Å². The van der Waals surface area contributed by atoms with E-state index in [1.807, 2.05) is 17.7 Å². The molecule has 0 aromatic carbocycles. The summed E-state index contributed by atoms with van der Waals surface area (Å²) in [6, 6.07) is -0.398. The van der Waals surface area contributed by atoms with E-state index < -0.39 is 11.6 Å². The molecule has 2 unspecified atom stereocenters. The third-order valence-corrected chi connectivity index (χ3v) is 4.06. The van der Waals surface area contributed by atoms with Crippen molar-refractivity contribution < 1.29 is 9.59 Å². The Bertz CT molecular complexity index is 485. The number of piperazine rings is 1. The zero-order chi connectivity index (χ0) is 14.8. The van der Waals surface area contributed by atoms with E-state index in [1.165, 1.54) is 0 Å². The molecule has 2 amide bonds. The Hall–Kier alpha value is -1.85. The Morgan fingerprint density at radius 3 is 2.75 bits per heavy atom. The summed E-state index contributed by atoms with van der Waals surface area (Å²) >= 11 is 0. The van der Waals surface area contributed by atoms with Crippen molar-refractivity contribution in [3.63, 3.8) is 0 Å². The summed E-state index contributed by atoms with van der Waals surface area (Å²) < 4.78 is 1.97. The van der Waals surface area contributed by atoms with Crippen molar-refractivity contribution in [3.05, 3.63) is 18.7 Å². The van der Waals surface area contributed by atoms with Crippen LogP contribution in [0.5, 0.6) is 0 Å². The fourth-order valence-electron chi connectivity index (χ4n) is 2.44. The number of hydrogen-bond donors (Lipinski definition) is 1. The molecule has 2 heterocycles. The first-order chi connectivity index (χ1) is 9.48. The van der Waals surface area contributed by atoms with Crippen LogP contribution < -0.4 is 5.32 Å². The summed E-state index contributed by atoms with van der Waals surface area (Å²) in [6.45, 7) is 6.86. The SMILES string of the molecule is CCC1(C)NC(=O)C(C)N(CCCn2ccnc2)C1=O. The van der Waals surface area contributed by atoms with Gasteiger partial charge in [-0.25, -0.2) is 4.98 Å². The Labute approximate surface area is 119 Å². The van der Waals surface area contributed by atoms with Gasteiger partial charge in [-0.15, -0.1) is 0 Å². The van der Waals surface area contributed by atoms with Crippen LogP contribution in [0.1, 0.15) is 33.6 Å². The van der Waals surface area contributed by atoms with E-state index >= 15 is 0 Å². The van der Waals surface area contributed by atoms with Crippen LogP contribution >= 0.6 is 0 Å². The lowest BCUT2D eigenvalue weighted by molar-refractivity contribution is -0.153. The molecular weight excluding hydrogens is 256 g/mol. The topological polar surface area (TPSA) is 67.2 Å². The van der Waals surface area contributed by atoms with Crippen molar-refractivity contribution in [1.82, 2.24) is 19.8 Å². The molecule has 1 saturated heterocycles. The predicted molar refractivity (Wildman–Crippen MR) is 74.9 cm³/mol. The molecule has 20 heavy (non-hydrogen) atoms. The maximum absolute atomic E-state index is 12.5. The third-order valence-electron chi connectivity index (χ3n) is 4.06. The van der Waals surface area contributed by atoms with Crippen molar-refractivity contribution in [1.29, 1.82) is 0 Å². The fraction of sp³-hybridized carbons (Fsp3) is 0.643. The number of aromatic nitrogens is 2. The summed E-state index contributed by atoms with van der Waals surface area (Å²) in [4.78, 5) is 30.2. The van der Waals surface area contributed by atoms with Crippen LogP contribution in [0, 0.1) is 0 Å². The van der Waals surface area contributed by atoms with Crippen molar-refractivity contribution in [2.75, 3.05) is 6.54 Å². The lowest BCUT2D eigenvalue weighted by Gasteiger charge is -2.43. The first-order valence-corrected chi connectivity index (χ1v) is 7.07. The van der Waals surface area contributed by atoms with Crippen LogP contribution in [-0.2, 0) is 16.1 Å². The number of amides is 2. The molecule has 1 aliphatic rings. The highest BCUT2D eigenvalue weighted by molar-refractivity contribution is 5.99. The maximum Gasteiger partial charge on any atom is 0.248 e. The molecule has 0 saturated carbocycles. The summed E-state index contributed by atoms with van der Waals surface area (Å²) in [5.41, 5.74) is -0.765. The molecule has 2 rings (SSSR count). The van der Waals surface area contributed by atoms with Gasteiger partial charge in [-0.3, -0.25) is 9.59 Å². The molecule has 6 nitrogen and oxygen atoms in total. The number of carbonyl (C=O) groups is 2. The Morgan fingerprint density at radius 2 is 2.15 bits per heavy atom. The van der Waals surface area contributed by atoms with E-state index in [9.17, 15) is 9.59 Å². The highest BCUT2D eigenvalue weighted by Gasteiger charge is 2.44. The molecule has 0 radical (unpaired) electrons. The zero-order valence-corrected chi connectivity index (χ0v) is 12.3. The average molecular weight is 278 g/mol. The quantitative estimate of drug-likeness (QED) is 0.866. The molecule has 1 aromatic heterocycles. The summed E-state index contributed by atoms with van der Waals surface area (Å²) in [5.74, 6) is -0.0608. The standard InChI is InChI=1S/C14H22N4O2/c1-4-14(3)13(20)18(11(2)12(19)16-14)8-5-7-17-9-6-15-10-17/h6,9-11H,4-5,7-8H2,1-3H3,(H,16,19). The minimum absolute atomic E-state index is 0.0118. The van der Waals surface area contributed by atoms with Crippen molar-refractivity contribution in [3.8, 4) is 0 Å². The molecule has 6 heteroatoms. The summed E-state index contributed by atoms with van der Waals surface area (Å²) in [7, 11) is 0. The molecule has 0 bridgehead atoms. The van der Waals surface area contributed by atoms with E-state index in [-0.39, 0.29) is 11.8 Å². The molecule has 1 aromatic rings.